The van der Waals surface area contributed by atoms with Crippen molar-refractivity contribution in [3.8, 4) is 0 Å². The molecule has 1 atom stereocenters. The first-order valence-electron chi connectivity index (χ1n) is 4.15. The summed E-state index contributed by atoms with van der Waals surface area (Å²) in [4.78, 5) is 4.20. The zero-order chi connectivity index (χ0) is 8.72. The summed E-state index contributed by atoms with van der Waals surface area (Å²) in [7, 11) is 0. The summed E-state index contributed by atoms with van der Waals surface area (Å²) in [5.74, 6) is 0. The number of imidazole rings is 1. The standard InChI is InChI=1S/C8H12ClN3/c1-5-7-4-6(10)2-3-12(7)8(9)11-5/h6H,2-4,10H2,1H3. The minimum Gasteiger partial charge on any atom is -0.327 e. The molecule has 0 fully saturated rings. The Bertz CT molecular complexity index is 305. The Balaban J connectivity index is 2.45. The van der Waals surface area contributed by atoms with Crippen LogP contribution in [0, 0.1) is 6.92 Å². The van der Waals surface area contributed by atoms with E-state index >= 15 is 0 Å². The van der Waals surface area contributed by atoms with Crippen molar-refractivity contribution in [3.63, 3.8) is 0 Å². The lowest BCUT2D eigenvalue weighted by molar-refractivity contribution is 0.470. The summed E-state index contributed by atoms with van der Waals surface area (Å²) < 4.78 is 2.06. The SMILES string of the molecule is Cc1nc(Cl)n2c1CC(N)CC2. The van der Waals surface area contributed by atoms with E-state index in [-0.39, 0.29) is 6.04 Å². The van der Waals surface area contributed by atoms with Gasteiger partial charge in [-0.25, -0.2) is 4.98 Å². The van der Waals surface area contributed by atoms with Gasteiger partial charge in [-0.15, -0.1) is 0 Å². The minimum atomic E-state index is 0.281. The van der Waals surface area contributed by atoms with Gasteiger partial charge in [0.25, 0.3) is 0 Å². The van der Waals surface area contributed by atoms with Gasteiger partial charge in [-0.3, -0.25) is 0 Å². The quantitative estimate of drug-likeness (QED) is 0.659. The highest BCUT2D eigenvalue weighted by Gasteiger charge is 2.20. The van der Waals surface area contributed by atoms with Crippen LogP contribution in [-0.2, 0) is 13.0 Å². The number of nitrogens with two attached hydrogens (primary N) is 1. The molecule has 0 saturated carbocycles. The Morgan fingerprint density at radius 1 is 1.67 bits per heavy atom. The zero-order valence-corrected chi connectivity index (χ0v) is 7.80. The molecule has 1 unspecified atom stereocenters. The molecule has 4 heteroatoms. The first kappa shape index (κ1) is 8.08. The topological polar surface area (TPSA) is 43.8 Å². The molecule has 1 aromatic rings. The van der Waals surface area contributed by atoms with Crippen molar-refractivity contribution in [2.45, 2.75) is 32.4 Å². The van der Waals surface area contributed by atoms with Crippen LogP contribution in [0.5, 0.6) is 0 Å². The number of hydrogen-bond donors (Lipinski definition) is 1. The second-order valence-corrected chi connectivity index (χ2v) is 3.66. The van der Waals surface area contributed by atoms with Gasteiger partial charge in [0, 0.05) is 24.7 Å². The molecule has 1 aliphatic heterocycles. The van der Waals surface area contributed by atoms with Gasteiger partial charge in [0.15, 0.2) is 0 Å². The van der Waals surface area contributed by atoms with Gasteiger partial charge in [0.05, 0.1) is 5.69 Å². The van der Waals surface area contributed by atoms with Crippen molar-refractivity contribution >= 4 is 11.6 Å². The highest BCUT2D eigenvalue weighted by atomic mass is 35.5. The summed E-state index contributed by atoms with van der Waals surface area (Å²) >= 11 is 5.92. The molecule has 0 saturated heterocycles. The lowest BCUT2D eigenvalue weighted by Crippen LogP contribution is -2.30. The van der Waals surface area contributed by atoms with E-state index in [2.05, 4.69) is 9.55 Å². The summed E-state index contributed by atoms with van der Waals surface area (Å²) in [5.41, 5.74) is 8.07. The van der Waals surface area contributed by atoms with E-state index in [9.17, 15) is 0 Å². The summed E-state index contributed by atoms with van der Waals surface area (Å²) in [6.45, 7) is 2.89. The Morgan fingerprint density at radius 2 is 2.42 bits per heavy atom. The third-order valence-electron chi connectivity index (χ3n) is 2.41. The molecule has 0 aromatic carbocycles. The maximum absolute atomic E-state index is 5.92. The van der Waals surface area contributed by atoms with E-state index in [0.717, 1.165) is 25.1 Å². The van der Waals surface area contributed by atoms with E-state index in [1.165, 1.54) is 5.69 Å². The molecule has 2 N–H and O–H groups in total. The molecule has 0 aliphatic carbocycles. The number of aromatic nitrogens is 2. The summed E-state index contributed by atoms with van der Waals surface area (Å²) in [6.07, 6.45) is 1.91. The number of fused-ring (bicyclic) bond motifs is 1. The van der Waals surface area contributed by atoms with Crippen LogP contribution in [0.3, 0.4) is 0 Å². The molecule has 0 spiro atoms. The van der Waals surface area contributed by atoms with Crippen molar-refractivity contribution in [1.29, 1.82) is 0 Å². The smallest absolute Gasteiger partial charge is 0.203 e. The Labute approximate surface area is 76.5 Å². The molecule has 66 valence electrons. The highest BCUT2D eigenvalue weighted by Crippen LogP contribution is 2.22. The predicted molar refractivity (Wildman–Crippen MR) is 48.3 cm³/mol. The third-order valence-corrected chi connectivity index (χ3v) is 2.69. The maximum atomic E-state index is 5.92. The zero-order valence-electron chi connectivity index (χ0n) is 7.05. The van der Waals surface area contributed by atoms with Crippen molar-refractivity contribution in [3.05, 3.63) is 16.7 Å². The van der Waals surface area contributed by atoms with Gasteiger partial charge in [0.1, 0.15) is 0 Å². The maximum Gasteiger partial charge on any atom is 0.203 e. The normalized spacial score (nSPS) is 22.4. The van der Waals surface area contributed by atoms with Crippen LogP contribution in [0.2, 0.25) is 5.28 Å². The van der Waals surface area contributed by atoms with Crippen molar-refractivity contribution in [2.75, 3.05) is 0 Å². The van der Waals surface area contributed by atoms with Gasteiger partial charge in [-0.05, 0) is 24.9 Å². The van der Waals surface area contributed by atoms with E-state index < -0.39 is 0 Å². The first-order chi connectivity index (χ1) is 5.68. The number of nitrogens with zero attached hydrogens (tertiary/aromatic N) is 2. The first-order valence-corrected chi connectivity index (χ1v) is 4.53. The largest absolute Gasteiger partial charge is 0.327 e. The van der Waals surface area contributed by atoms with Gasteiger partial charge in [0.2, 0.25) is 5.28 Å². The van der Waals surface area contributed by atoms with Crippen LogP contribution in [0.1, 0.15) is 17.8 Å². The van der Waals surface area contributed by atoms with Gasteiger partial charge in [-0.1, -0.05) is 0 Å². The Morgan fingerprint density at radius 3 is 3.17 bits per heavy atom. The van der Waals surface area contributed by atoms with Crippen LogP contribution in [0.15, 0.2) is 0 Å². The van der Waals surface area contributed by atoms with E-state index in [1.54, 1.807) is 0 Å². The van der Waals surface area contributed by atoms with Crippen LogP contribution in [-0.4, -0.2) is 15.6 Å². The molecule has 0 bridgehead atoms. The molecule has 0 radical (unpaired) electrons. The Kier molecular flexibility index (Phi) is 1.85. The lowest BCUT2D eigenvalue weighted by Gasteiger charge is -2.21. The van der Waals surface area contributed by atoms with E-state index in [0.29, 0.717) is 5.28 Å². The molecule has 3 nitrogen and oxygen atoms in total. The fraction of sp³-hybridized carbons (Fsp3) is 0.625. The second kappa shape index (κ2) is 2.75. The van der Waals surface area contributed by atoms with Crippen LogP contribution in [0.4, 0.5) is 0 Å². The Hall–Kier alpha value is -0.540. The fourth-order valence-corrected chi connectivity index (χ4v) is 2.01. The average Bonchev–Trinajstić information content (AvgIpc) is 2.28. The number of aryl methyl sites for hydroxylation is 1. The van der Waals surface area contributed by atoms with Gasteiger partial charge < -0.3 is 10.3 Å². The van der Waals surface area contributed by atoms with Crippen LogP contribution < -0.4 is 5.73 Å². The number of hydrogen-bond acceptors (Lipinski definition) is 2. The molecule has 1 aliphatic rings. The molecular weight excluding hydrogens is 174 g/mol. The molecule has 0 amide bonds. The number of rotatable bonds is 0. The minimum absolute atomic E-state index is 0.281. The molecule has 2 rings (SSSR count). The van der Waals surface area contributed by atoms with Crippen LogP contribution >= 0.6 is 11.6 Å². The molecular formula is C8H12ClN3. The van der Waals surface area contributed by atoms with Crippen molar-refractivity contribution < 1.29 is 0 Å². The van der Waals surface area contributed by atoms with E-state index in [1.807, 2.05) is 6.92 Å². The van der Waals surface area contributed by atoms with Gasteiger partial charge in [-0.2, -0.15) is 0 Å². The molecule has 1 aromatic heterocycles. The second-order valence-electron chi connectivity index (χ2n) is 3.32. The highest BCUT2D eigenvalue weighted by molar-refractivity contribution is 6.28. The average molecular weight is 186 g/mol. The van der Waals surface area contributed by atoms with Crippen molar-refractivity contribution in [2.24, 2.45) is 5.73 Å². The van der Waals surface area contributed by atoms with Gasteiger partial charge >= 0.3 is 0 Å². The molecule has 2 heterocycles. The summed E-state index contributed by atoms with van der Waals surface area (Å²) in [6, 6.07) is 0.281. The fourth-order valence-electron chi connectivity index (χ4n) is 1.70. The predicted octanol–water partition coefficient (Wildman–Crippen LogP) is 1.12. The monoisotopic (exact) mass is 185 g/mol. The van der Waals surface area contributed by atoms with Crippen molar-refractivity contribution in [1.82, 2.24) is 9.55 Å². The lowest BCUT2D eigenvalue weighted by atomic mass is 10.0. The molecule has 12 heavy (non-hydrogen) atoms. The summed E-state index contributed by atoms with van der Waals surface area (Å²) in [5, 5.41) is 0.606. The van der Waals surface area contributed by atoms with Crippen LogP contribution in [0.25, 0.3) is 0 Å². The third kappa shape index (κ3) is 1.13. The number of halogens is 1. The van der Waals surface area contributed by atoms with E-state index in [4.69, 9.17) is 17.3 Å².